The van der Waals surface area contributed by atoms with Crippen molar-refractivity contribution in [1.29, 1.82) is 0 Å². The van der Waals surface area contributed by atoms with Gasteiger partial charge in [0.1, 0.15) is 18.2 Å². The van der Waals surface area contributed by atoms with Crippen LogP contribution in [0.5, 0.6) is 0 Å². The van der Waals surface area contributed by atoms with Gasteiger partial charge in [-0.3, -0.25) is 29.9 Å². The van der Waals surface area contributed by atoms with Crippen molar-refractivity contribution in [3.8, 4) is 0 Å². The molecule has 2 amide bonds. The number of carbonyl (C=O) groups is 4. The number of nitrogens with zero attached hydrogens (tertiary/aromatic N) is 2. The summed E-state index contributed by atoms with van der Waals surface area (Å²) in [6, 6.07) is 4.66. The Kier molecular flexibility index (Phi) is 7.45. The van der Waals surface area contributed by atoms with Crippen LogP contribution in [0, 0.1) is 0 Å². The van der Waals surface area contributed by atoms with Gasteiger partial charge in [0.25, 0.3) is 5.91 Å². The number of guanidine groups is 1. The van der Waals surface area contributed by atoms with Crippen LogP contribution in [0.4, 0.5) is 5.69 Å². The molecule has 3 unspecified atom stereocenters. The number of anilines is 1. The van der Waals surface area contributed by atoms with E-state index in [9.17, 15) is 24.3 Å². The molecule has 0 spiro atoms. The standard InChI is InChI=1S/C20H27N7O6/c1-27-12(9-23-16-15(27)18(31)26-20(21)25-16)8-22-11-4-2-10(3-5-11)17(30)24-13(19(32)33)6-7-14(28)29/h2-5,12-13,15-16,22-23H,6-9H2,1H3,(H,24,30)(H,28,29)(H,32,33)(H3,21,25,26,31)/t12-,13?,15?,16?/m0/s1. The second-order valence-electron chi connectivity index (χ2n) is 7.88. The number of amides is 2. The molecule has 0 bridgehead atoms. The van der Waals surface area contributed by atoms with Crippen molar-refractivity contribution < 1.29 is 29.4 Å². The SMILES string of the molecule is CN1C2C(=O)NC(N)=NC2NC[C@@H]1CNc1ccc(C(=O)NC(CCC(=O)O)C(=O)O)cc1. The number of likely N-dealkylation sites (N-methyl/N-ethyl adjacent to an activating group) is 1. The molecular formula is C20H27N7O6. The Morgan fingerprint density at radius 3 is 2.61 bits per heavy atom. The monoisotopic (exact) mass is 461 g/mol. The summed E-state index contributed by atoms with van der Waals surface area (Å²) in [5.74, 6) is -3.16. The van der Waals surface area contributed by atoms with Crippen LogP contribution in [0.25, 0.3) is 0 Å². The molecule has 8 N–H and O–H groups in total. The van der Waals surface area contributed by atoms with E-state index in [1.54, 1.807) is 24.3 Å². The van der Waals surface area contributed by atoms with Crippen molar-refractivity contribution in [2.45, 2.75) is 37.1 Å². The maximum absolute atomic E-state index is 12.3. The predicted octanol–water partition coefficient (Wildman–Crippen LogP) is -1.81. The first-order valence-corrected chi connectivity index (χ1v) is 10.3. The first-order chi connectivity index (χ1) is 15.7. The number of carbonyl (C=O) groups excluding carboxylic acids is 2. The summed E-state index contributed by atoms with van der Waals surface area (Å²) < 4.78 is 0. The van der Waals surface area contributed by atoms with Gasteiger partial charge < -0.3 is 26.6 Å². The molecule has 0 aliphatic carbocycles. The highest BCUT2D eigenvalue weighted by atomic mass is 16.4. The quantitative estimate of drug-likeness (QED) is 0.220. The number of aliphatic imine (C=N–C) groups is 1. The molecule has 13 nitrogen and oxygen atoms in total. The van der Waals surface area contributed by atoms with E-state index in [-0.39, 0.29) is 36.3 Å². The molecule has 2 heterocycles. The molecule has 1 aromatic rings. The summed E-state index contributed by atoms with van der Waals surface area (Å²) in [4.78, 5) is 52.7. The Hall–Kier alpha value is -3.71. The fourth-order valence-corrected chi connectivity index (χ4v) is 3.75. The van der Waals surface area contributed by atoms with E-state index in [4.69, 9.17) is 10.8 Å². The van der Waals surface area contributed by atoms with Crippen molar-refractivity contribution in [1.82, 2.24) is 20.9 Å². The van der Waals surface area contributed by atoms with E-state index >= 15 is 0 Å². The number of fused-ring (bicyclic) bond motifs is 1. The number of hydrogen-bond acceptors (Lipinski definition) is 9. The Balaban J connectivity index is 1.54. The molecule has 2 aliphatic rings. The van der Waals surface area contributed by atoms with E-state index in [0.29, 0.717) is 13.1 Å². The topological polar surface area (TPSA) is 198 Å². The summed E-state index contributed by atoms with van der Waals surface area (Å²) in [7, 11) is 1.85. The van der Waals surface area contributed by atoms with Crippen LogP contribution in [0.15, 0.2) is 29.3 Å². The molecule has 1 fully saturated rings. The number of aliphatic carboxylic acids is 2. The fourth-order valence-electron chi connectivity index (χ4n) is 3.75. The number of carboxylic acids is 2. The number of benzene rings is 1. The lowest BCUT2D eigenvalue weighted by molar-refractivity contribution is -0.140. The number of nitrogens with two attached hydrogens (primary N) is 1. The van der Waals surface area contributed by atoms with Gasteiger partial charge in [-0.2, -0.15) is 0 Å². The summed E-state index contributed by atoms with van der Waals surface area (Å²) in [6.07, 6.45) is -0.979. The molecule has 178 valence electrons. The van der Waals surface area contributed by atoms with Gasteiger partial charge in [-0.15, -0.1) is 0 Å². The van der Waals surface area contributed by atoms with Crippen molar-refractivity contribution in [3.63, 3.8) is 0 Å². The first kappa shape index (κ1) is 23.9. The smallest absolute Gasteiger partial charge is 0.326 e. The minimum absolute atomic E-state index is 0.0138. The van der Waals surface area contributed by atoms with E-state index in [1.807, 2.05) is 11.9 Å². The largest absolute Gasteiger partial charge is 0.481 e. The Morgan fingerprint density at radius 2 is 1.97 bits per heavy atom. The Morgan fingerprint density at radius 1 is 1.27 bits per heavy atom. The van der Waals surface area contributed by atoms with Crippen LogP contribution in [-0.4, -0.2) is 89.3 Å². The zero-order valence-corrected chi connectivity index (χ0v) is 17.9. The highest BCUT2D eigenvalue weighted by Gasteiger charge is 2.41. The summed E-state index contributed by atoms with van der Waals surface area (Å²) in [5, 5.41) is 29.2. The molecule has 33 heavy (non-hydrogen) atoms. The van der Waals surface area contributed by atoms with Crippen molar-refractivity contribution >= 4 is 35.4 Å². The predicted molar refractivity (Wildman–Crippen MR) is 118 cm³/mol. The maximum Gasteiger partial charge on any atom is 0.326 e. The van der Waals surface area contributed by atoms with Crippen LogP contribution >= 0.6 is 0 Å². The second-order valence-corrected chi connectivity index (χ2v) is 7.88. The molecule has 1 aromatic carbocycles. The molecular weight excluding hydrogens is 434 g/mol. The van der Waals surface area contributed by atoms with Gasteiger partial charge in [-0.05, 0) is 37.7 Å². The zero-order chi connectivity index (χ0) is 24.1. The lowest BCUT2D eigenvalue weighted by Crippen LogP contribution is -2.69. The minimum atomic E-state index is -1.30. The van der Waals surface area contributed by atoms with Crippen LogP contribution in [0.2, 0.25) is 0 Å². The third kappa shape index (κ3) is 5.96. The lowest BCUT2D eigenvalue weighted by Gasteiger charge is -2.44. The molecule has 0 saturated carbocycles. The van der Waals surface area contributed by atoms with E-state index in [1.165, 1.54) is 0 Å². The average molecular weight is 461 g/mol. The van der Waals surface area contributed by atoms with Gasteiger partial charge in [0.05, 0.1) is 0 Å². The van der Waals surface area contributed by atoms with Crippen LogP contribution in [0.3, 0.4) is 0 Å². The first-order valence-electron chi connectivity index (χ1n) is 10.3. The third-order valence-electron chi connectivity index (χ3n) is 5.61. The van der Waals surface area contributed by atoms with Crippen molar-refractivity contribution in [3.05, 3.63) is 29.8 Å². The molecule has 4 atom stereocenters. The normalized spacial score (nSPS) is 23.5. The summed E-state index contributed by atoms with van der Waals surface area (Å²) >= 11 is 0. The third-order valence-corrected chi connectivity index (χ3v) is 5.61. The van der Waals surface area contributed by atoms with Gasteiger partial charge in [-0.1, -0.05) is 0 Å². The molecule has 0 radical (unpaired) electrons. The highest BCUT2D eigenvalue weighted by molar-refractivity contribution is 6.01. The van der Waals surface area contributed by atoms with Gasteiger partial charge in [0.2, 0.25) is 5.91 Å². The van der Waals surface area contributed by atoms with E-state index < -0.39 is 36.1 Å². The van der Waals surface area contributed by atoms with Gasteiger partial charge in [0, 0.05) is 36.8 Å². The summed E-state index contributed by atoms with van der Waals surface area (Å²) in [6.45, 7) is 1.10. The molecule has 2 aliphatic heterocycles. The Labute approximate surface area is 189 Å². The Bertz CT molecular complexity index is 951. The molecule has 0 aromatic heterocycles. The lowest BCUT2D eigenvalue weighted by atomic mass is 10.0. The van der Waals surface area contributed by atoms with Gasteiger partial charge in [-0.25, -0.2) is 9.79 Å². The van der Waals surface area contributed by atoms with E-state index in [2.05, 4.69) is 26.3 Å². The van der Waals surface area contributed by atoms with Gasteiger partial charge in [0.15, 0.2) is 5.96 Å². The van der Waals surface area contributed by atoms with Crippen LogP contribution in [0.1, 0.15) is 23.2 Å². The number of hydrogen-bond donors (Lipinski definition) is 7. The summed E-state index contributed by atoms with van der Waals surface area (Å²) in [5.41, 5.74) is 6.60. The van der Waals surface area contributed by atoms with Crippen LogP contribution in [-0.2, 0) is 14.4 Å². The number of rotatable bonds is 9. The molecule has 3 rings (SSSR count). The van der Waals surface area contributed by atoms with Crippen molar-refractivity contribution in [2.24, 2.45) is 10.7 Å². The number of nitrogens with one attached hydrogen (secondary N) is 4. The highest BCUT2D eigenvalue weighted by Crippen LogP contribution is 2.18. The fraction of sp³-hybridized carbons (Fsp3) is 0.450. The molecule has 13 heteroatoms. The second kappa shape index (κ2) is 10.3. The minimum Gasteiger partial charge on any atom is -0.481 e. The number of carboxylic acid groups (broad SMARTS) is 2. The van der Waals surface area contributed by atoms with Gasteiger partial charge >= 0.3 is 11.9 Å². The van der Waals surface area contributed by atoms with Crippen LogP contribution < -0.4 is 27.0 Å². The molecule has 1 saturated heterocycles. The van der Waals surface area contributed by atoms with Crippen molar-refractivity contribution in [2.75, 3.05) is 25.5 Å². The number of piperazine rings is 1. The van der Waals surface area contributed by atoms with E-state index in [0.717, 1.165) is 5.69 Å². The zero-order valence-electron chi connectivity index (χ0n) is 17.9. The average Bonchev–Trinajstić information content (AvgIpc) is 2.75. The maximum atomic E-state index is 12.3.